The van der Waals surface area contributed by atoms with Crippen LogP contribution in [-0.4, -0.2) is 33.4 Å². The lowest BCUT2D eigenvalue weighted by Crippen LogP contribution is -2.42. The molecule has 1 aromatic heterocycles. The van der Waals surface area contributed by atoms with Crippen LogP contribution in [0.2, 0.25) is 0 Å². The van der Waals surface area contributed by atoms with E-state index in [1.807, 2.05) is 5.32 Å². The number of hydrogen-bond donors (Lipinski definition) is 1. The molecule has 186 valence electrons. The zero-order chi connectivity index (χ0) is 26.2. The minimum absolute atomic E-state index is 0.000164. The normalized spacial score (nSPS) is 12.3. The highest BCUT2D eigenvalue weighted by Crippen LogP contribution is 2.36. The number of nitrogens with zero attached hydrogens (tertiary/aromatic N) is 2. The van der Waals surface area contributed by atoms with Crippen LogP contribution in [0.4, 0.5) is 32.0 Å². The fraction of sp³-hybridized carbons (Fsp3) is 0.409. The van der Waals surface area contributed by atoms with Gasteiger partial charge in [-0.1, -0.05) is 0 Å². The van der Waals surface area contributed by atoms with Gasteiger partial charge in [0.2, 0.25) is 0 Å². The van der Waals surface area contributed by atoms with E-state index in [9.17, 15) is 40.7 Å². The van der Waals surface area contributed by atoms with Crippen molar-refractivity contribution in [3.8, 4) is 0 Å². The van der Waals surface area contributed by atoms with Crippen LogP contribution in [0.3, 0.4) is 0 Å². The van der Waals surface area contributed by atoms with Crippen LogP contribution in [0.15, 0.2) is 35.3 Å². The van der Waals surface area contributed by atoms with Gasteiger partial charge < -0.3 is 14.8 Å². The summed E-state index contributed by atoms with van der Waals surface area (Å²) in [5, 5.41) is 2.04. The summed E-state index contributed by atoms with van der Waals surface area (Å²) in [7, 11) is 1.29. The van der Waals surface area contributed by atoms with Crippen molar-refractivity contribution in [3.63, 3.8) is 0 Å². The number of pyridine rings is 1. The van der Waals surface area contributed by atoms with Gasteiger partial charge in [0.25, 0.3) is 17.4 Å². The van der Waals surface area contributed by atoms with Crippen molar-refractivity contribution in [1.82, 2.24) is 9.47 Å². The molecule has 0 unspecified atom stereocenters. The quantitative estimate of drug-likeness (QED) is 0.603. The predicted molar refractivity (Wildman–Crippen MR) is 113 cm³/mol. The smallest absolute Gasteiger partial charge is 0.334 e. The van der Waals surface area contributed by atoms with Gasteiger partial charge in [0.05, 0.1) is 16.7 Å². The van der Waals surface area contributed by atoms with Crippen molar-refractivity contribution in [2.45, 2.75) is 52.1 Å². The summed E-state index contributed by atoms with van der Waals surface area (Å²) < 4.78 is 79.6. The lowest BCUT2D eigenvalue weighted by Gasteiger charge is -2.31. The number of benzene rings is 1. The van der Waals surface area contributed by atoms with Gasteiger partial charge in [0, 0.05) is 30.9 Å². The summed E-state index contributed by atoms with van der Waals surface area (Å²) in [6.07, 6.45) is -9.06. The Morgan fingerprint density at radius 2 is 1.32 bits per heavy atom. The second-order valence-electron chi connectivity index (χ2n) is 8.21. The first-order chi connectivity index (χ1) is 15.4. The van der Waals surface area contributed by atoms with Crippen molar-refractivity contribution in [2.24, 2.45) is 7.05 Å². The third-order valence-electron chi connectivity index (χ3n) is 4.88. The molecule has 2 amide bonds. The first-order valence-corrected chi connectivity index (χ1v) is 10.1. The summed E-state index contributed by atoms with van der Waals surface area (Å²) in [6, 6.07) is 1.01. The molecule has 0 atom stereocenters. The van der Waals surface area contributed by atoms with E-state index < -0.39 is 52.1 Å². The van der Waals surface area contributed by atoms with Gasteiger partial charge in [0.15, 0.2) is 0 Å². The highest BCUT2D eigenvalue weighted by atomic mass is 19.4. The molecule has 1 aromatic carbocycles. The SMILES string of the molecule is CC(C)N(C(=O)c1cc(NC(=O)c2cc(C(F)(F)F)cc(C(F)(F)F)c2)c(=O)n(C)c1)C(C)C. The molecule has 0 spiro atoms. The molecule has 34 heavy (non-hydrogen) atoms. The van der Waals surface area contributed by atoms with Crippen molar-refractivity contribution in [3.05, 3.63) is 63.1 Å². The molecule has 2 aromatic rings. The molecule has 0 radical (unpaired) electrons. The lowest BCUT2D eigenvalue weighted by molar-refractivity contribution is -0.143. The fourth-order valence-electron chi connectivity index (χ4n) is 3.41. The number of amides is 2. The summed E-state index contributed by atoms with van der Waals surface area (Å²) in [5.74, 6) is -1.85. The second-order valence-corrected chi connectivity index (χ2v) is 8.21. The number of carbonyl (C=O) groups is 2. The third kappa shape index (κ3) is 5.97. The Kier molecular flexibility index (Phi) is 7.54. The summed E-state index contributed by atoms with van der Waals surface area (Å²) in [4.78, 5) is 39.5. The highest BCUT2D eigenvalue weighted by Gasteiger charge is 2.37. The van der Waals surface area contributed by atoms with Crippen molar-refractivity contribution < 1.29 is 35.9 Å². The van der Waals surface area contributed by atoms with Crippen LogP contribution < -0.4 is 10.9 Å². The molecular formula is C22H23F6N3O3. The van der Waals surface area contributed by atoms with Gasteiger partial charge in [-0.2, -0.15) is 26.3 Å². The van der Waals surface area contributed by atoms with E-state index in [1.54, 1.807) is 27.7 Å². The zero-order valence-corrected chi connectivity index (χ0v) is 18.9. The standard InChI is InChI=1S/C22H23F6N3O3/c1-11(2)31(12(3)4)19(33)14-8-17(20(34)30(5)10-14)29-18(32)13-6-15(21(23,24)25)9-16(7-13)22(26,27)28/h6-12H,1-5H3,(H,29,32). The molecule has 0 saturated carbocycles. The molecule has 0 bridgehead atoms. The van der Waals surface area contributed by atoms with Gasteiger partial charge >= 0.3 is 12.4 Å². The van der Waals surface area contributed by atoms with E-state index in [4.69, 9.17) is 0 Å². The number of nitrogens with one attached hydrogen (secondary N) is 1. The summed E-state index contributed by atoms with van der Waals surface area (Å²) in [6.45, 7) is 7.09. The molecule has 0 aliphatic carbocycles. The Morgan fingerprint density at radius 3 is 1.74 bits per heavy atom. The van der Waals surface area contributed by atoms with E-state index in [-0.39, 0.29) is 35.8 Å². The highest BCUT2D eigenvalue weighted by molar-refractivity contribution is 6.05. The first kappa shape index (κ1) is 26.9. The van der Waals surface area contributed by atoms with E-state index in [2.05, 4.69) is 0 Å². The van der Waals surface area contributed by atoms with Crippen LogP contribution in [0, 0.1) is 0 Å². The Morgan fingerprint density at radius 1 is 0.853 bits per heavy atom. The molecule has 1 N–H and O–H groups in total. The van der Waals surface area contributed by atoms with Gasteiger partial charge in [-0.25, -0.2) is 0 Å². The molecule has 12 heteroatoms. The maximum atomic E-state index is 13.1. The van der Waals surface area contributed by atoms with Crippen molar-refractivity contribution in [1.29, 1.82) is 0 Å². The molecular weight excluding hydrogens is 468 g/mol. The largest absolute Gasteiger partial charge is 0.416 e. The average Bonchev–Trinajstić information content (AvgIpc) is 2.68. The Labute approximate surface area is 191 Å². The minimum Gasteiger partial charge on any atom is -0.334 e. The number of aryl methyl sites for hydroxylation is 1. The Hall–Kier alpha value is -3.31. The van der Waals surface area contributed by atoms with Crippen molar-refractivity contribution in [2.75, 3.05) is 5.32 Å². The molecule has 6 nitrogen and oxygen atoms in total. The third-order valence-corrected chi connectivity index (χ3v) is 4.88. The molecule has 0 aliphatic rings. The maximum absolute atomic E-state index is 13.1. The number of anilines is 1. The van der Waals surface area contributed by atoms with Crippen LogP contribution >= 0.6 is 0 Å². The molecule has 0 saturated heterocycles. The van der Waals surface area contributed by atoms with E-state index in [0.717, 1.165) is 10.6 Å². The monoisotopic (exact) mass is 491 g/mol. The number of carbonyl (C=O) groups excluding carboxylic acids is 2. The van der Waals surface area contributed by atoms with Crippen molar-refractivity contribution >= 4 is 17.5 Å². The summed E-state index contributed by atoms with van der Waals surface area (Å²) in [5.41, 5.74) is -5.58. The van der Waals surface area contributed by atoms with Crippen LogP contribution in [0.1, 0.15) is 59.5 Å². The average molecular weight is 491 g/mol. The molecule has 0 aliphatic heterocycles. The lowest BCUT2D eigenvalue weighted by atomic mass is 10.0. The fourth-order valence-corrected chi connectivity index (χ4v) is 3.41. The van der Waals surface area contributed by atoms with Gasteiger partial charge in [-0.05, 0) is 52.0 Å². The van der Waals surface area contributed by atoms with Gasteiger partial charge in [0.1, 0.15) is 5.69 Å². The Bertz CT molecular complexity index is 1110. The van der Waals surface area contributed by atoms with Gasteiger partial charge in [-0.3, -0.25) is 14.4 Å². The molecule has 1 heterocycles. The number of rotatable bonds is 5. The topological polar surface area (TPSA) is 71.4 Å². The van der Waals surface area contributed by atoms with Crippen LogP contribution in [-0.2, 0) is 19.4 Å². The predicted octanol–water partition coefficient (Wildman–Crippen LogP) is 4.93. The Balaban J connectivity index is 2.53. The van der Waals surface area contributed by atoms with E-state index in [0.29, 0.717) is 0 Å². The van der Waals surface area contributed by atoms with E-state index in [1.165, 1.54) is 18.1 Å². The number of halogens is 6. The van der Waals surface area contributed by atoms with Gasteiger partial charge in [-0.15, -0.1) is 0 Å². The first-order valence-electron chi connectivity index (χ1n) is 10.1. The summed E-state index contributed by atoms with van der Waals surface area (Å²) >= 11 is 0. The minimum atomic E-state index is -5.14. The molecule has 2 rings (SSSR count). The van der Waals surface area contributed by atoms with Crippen LogP contribution in [0.25, 0.3) is 0 Å². The maximum Gasteiger partial charge on any atom is 0.416 e. The van der Waals surface area contributed by atoms with Crippen LogP contribution in [0.5, 0.6) is 0 Å². The van der Waals surface area contributed by atoms with E-state index >= 15 is 0 Å². The molecule has 0 fully saturated rings. The number of aromatic nitrogens is 1. The second kappa shape index (κ2) is 9.51. The number of alkyl halides is 6. The number of hydrogen-bond acceptors (Lipinski definition) is 3. The zero-order valence-electron chi connectivity index (χ0n) is 18.9.